The summed E-state index contributed by atoms with van der Waals surface area (Å²) in [5.41, 5.74) is 4.79. The number of carbonyl (C=O) groups excluding carboxylic acids is 1. The summed E-state index contributed by atoms with van der Waals surface area (Å²) < 4.78 is 5.16. The second-order valence-electron chi connectivity index (χ2n) is 7.26. The molecule has 1 N–H and O–H groups in total. The molecule has 4 nitrogen and oxygen atoms in total. The van der Waals surface area contributed by atoms with E-state index in [2.05, 4.69) is 11.1 Å². The highest BCUT2D eigenvalue weighted by Gasteiger charge is 2.29. The molecule has 0 bridgehead atoms. The maximum Gasteiger partial charge on any atom is 0.331 e. The van der Waals surface area contributed by atoms with Gasteiger partial charge in [0.15, 0.2) is 6.04 Å². The van der Waals surface area contributed by atoms with E-state index in [4.69, 9.17) is 9.73 Å². The Bertz CT molecular complexity index is 1120. The van der Waals surface area contributed by atoms with Crippen LogP contribution in [-0.4, -0.2) is 29.8 Å². The zero-order valence-corrected chi connectivity index (χ0v) is 17.1. The van der Waals surface area contributed by atoms with E-state index in [1.807, 2.05) is 92.0 Å². The van der Waals surface area contributed by atoms with Crippen LogP contribution >= 0.6 is 0 Å². The van der Waals surface area contributed by atoms with E-state index >= 15 is 0 Å². The Labute approximate surface area is 176 Å². The summed E-state index contributed by atoms with van der Waals surface area (Å²) in [5, 5.41) is 1.09. The van der Waals surface area contributed by atoms with Crippen molar-refractivity contribution in [2.24, 2.45) is 4.99 Å². The fraction of sp³-hybridized carbons (Fsp3) is 0.154. The number of carbonyl (C=O) groups is 1. The molecule has 0 spiro atoms. The monoisotopic (exact) mass is 396 g/mol. The molecule has 0 fully saturated rings. The van der Waals surface area contributed by atoms with Gasteiger partial charge in [0, 0.05) is 34.1 Å². The van der Waals surface area contributed by atoms with Gasteiger partial charge < -0.3 is 9.72 Å². The van der Waals surface area contributed by atoms with E-state index in [0.29, 0.717) is 0 Å². The van der Waals surface area contributed by atoms with Gasteiger partial charge in [-0.3, -0.25) is 4.99 Å². The van der Waals surface area contributed by atoms with E-state index in [9.17, 15) is 4.79 Å². The lowest BCUT2D eigenvalue weighted by molar-refractivity contribution is -0.142. The third-order valence-corrected chi connectivity index (χ3v) is 5.39. The first-order chi connectivity index (χ1) is 14.7. The van der Waals surface area contributed by atoms with Crippen molar-refractivity contribution < 1.29 is 9.53 Å². The van der Waals surface area contributed by atoms with Crippen molar-refractivity contribution in [2.75, 3.05) is 7.11 Å². The smallest absolute Gasteiger partial charge is 0.331 e. The van der Waals surface area contributed by atoms with Crippen LogP contribution in [0, 0.1) is 0 Å². The van der Waals surface area contributed by atoms with Crippen LogP contribution in [0.1, 0.15) is 29.5 Å². The Kier molecular flexibility index (Phi) is 5.75. The molecule has 4 rings (SSSR count). The van der Waals surface area contributed by atoms with E-state index < -0.39 is 6.04 Å². The van der Waals surface area contributed by atoms with Gasteiger partial charge in [0.2, 0.25) is 0 Å². The number of para-hydroxylation sites is 1. The average molecular weight is 396 g/mol. The predicted octanol–water partition coefficient (Wildman–Crippen LogP) is 5.35. The van der Waals surface area contributed by atoms with Crippen LogP contribution in [0.4, 0.5) is 0 Å². The summed E-state index contributed by atoms with van der Waals surface area (Å²) in [7, 11) is 1.41. The van der Waals surface area contributed by atoms with Crippen molar-refractivity contribution >= 4 is 22.6 Å². The molecule has 1 heterocycles. The molecular weight excluding hydrogens is 372 g/mol. The summed E-state index contributed by atoms with van der Waals surface area (Å²) in [5.74, 6) is -0.520. The number of nitrogens with one attached hydrogen (secondary N) is 1. The molecule has 4 heteroatoms. The molecule has 0 aliphatic rings. The zero-order chi connectivity index (χ0) is 20.9. The number of aromatic amines is 1. The van der Waals surface area contributed by atoms with Gasteiger partial charge in [-0.2, -0.15) is 0 Å². The van der Waals surface area contributed by atoms with Crippen LogP contribution in [0.5, 0.6) is 0 Å². The fourth-order valence-corrected chi connectivity index (χ4v) is 3.78. The topological polar surface area (TPSA) is 54.4 Å². The van der Waals surface area contributed by atoms with Gasteiger partial charge in [0.05, 0.1) is 12.8 Å². The molecule has 3 aromatic carbocycles. The van der Waals surface area contributed by atoms with E-state index in [-0.39, 0.29) is 11.9 Å². The molecule has 0 radical (unpaired) electrons. The Morgan fingerprint density at radius 2 is 1.43 bits per heavy atom. The van der Waals surface area contributed by atoms with Crippen LogP contribution in [-0.2, 0) is 9.53 Å². The minimum absolute atomic E-state index is 0.170. The van der Waals surface area contributed by atoms with Crippen LogP contribution in [0.25, 0.3) is 10.9 Å². The maximum atomic E-state index is 12.8. The molecule has 4 aromatic rings. The predicted molar refractivity (Wildman–Crippen MR) is 121 cm³/mol. The lowest BCUT2D eigenvalue weighted by atomic mass is 9.92. The second kappa shape index (κ2) is 8.78. The molecule has 1 aromatic heterocycles. The van der Waals surface area contributed by atoms with Gasteiger partial charge in [0.25, 0.3) is 0 Å². The SMILES string of the molecule is COC(=O)[C@@H](N=C(c1ccccc1)c1ccccc1)[C@H](C)c1c[nH]c2ccccc12. The lowest BCUT2D eigenvalue weighted by Crippen LogP contribution is -2.28. The highest BCUT2D eigenvalue weighted by Crippen LogP contribution is 2.30. The minimum atomic E-state index is -0.676. The highest BCUT2D eigenvalue weighted by molar-refractivity contribution is 6.13. The van der Waals surface area contributed by atoms with E-state index in [1.165, 1.54) is 7.11 Å². The third kappa shape index (κ3) is 3.90. The van der Waals surface area contributed by atoms with E-state index in [1.54, 1.807) is 0 Å². The Morgan fingerprint density at radius 3 is 2.03 bits per heavy atom. The van der Waals surface area contributed by atoms with Crippen molar-refractivity contribution in [3.05, 3.63) is 108 Å². The summed E-state index contributed by atoms with van der Waals surface area (Å²) in [6.07, 6.45) is 1.96. The minimum Gasteiger partial charge on any atom is -0.467 e. The summed E-state index contributed by atoms with van der Waals surface area (Å²) in [6, 6.07) is 27.3. The van der Waals surface area contributed by atoms with Crippen molar-refractivity contribution in [1.82, 2.24) is 4.98 Å². The fourth-order valence-electron chi connectivity index (χ4n) is 3.78. The molecule has 30 heavy (non-hydrogen) atoms. The largest absolute Gasteiger partial charge is 0.467 e. The third-order valence-electron chi connectivity index (χ3n) is 5.39. The van der Waals surface area contributed by atoms with Crippen LogP contribution in [0.2, 0.25) is 0 Å². The molecule has 0 saturated carbocycles. The number of aromatic nitrogens is 1. The molecule has 0 amide bonds. The number of H-pyrrole nitrogens is 1. The number of ether oxygens (including phenoxy) is 1. The van der Waals surface area contributed by atoms with Gasteiger partial charge in [-0.15, -0.1) is 0 Å². The Hall–Kier alpha value is -3.66. The quantitative estimate of drug-likeness (QED) is 0.353. The van der Waals surface area contributed by atoms with Gasteiger partial charge in [-0.1, -0.05) is 85.8 Å². The van der Waals surface area contributed by atoms with E-state index in [0.717, 1.165) is 33.3 Å². The number of esters is 1. The molecule has 150 valence electrons. The Morgan fingerprint density at radius 1 is 0.867 bits per heavy atom. The number of benzene rings is 3. The van der Waals surface area contributed by atoms with Gasteiger partial charge in [-0.05, 0) is 11.6 Å². The summed E-state index contributed by atoms with van der Waals surface area (Å²) in [4.78, 5) is 21.1. The van der Waals surface area contributed by atoms with Crippen LogP contribution < -0.4 is 0 Å². The number of hydrogen-bond donors (Lipinski definition) is 1. The van der Waals surface area contributed by atoms with Gasteiger partial charge in [-0.25, -0.2) is 4.79 Å². The zero-order valence-electron chi connectivity index (χ0n) is 17.1. The Balaban J connectivity index is 1.84. The normalized spacial score (nSPS) is 12.9. The number of fused-ring (bicyclic) bond motifs is 1. The van der Waals surface area contributed by atoms with Gasteiger partial charge in [0.1, 0.15) is 0 Å². The maximum absolute atomic E-state index is 12.8. The molecule has 0 aliphatic heterocycles. The number of hydrogen-bond acceptors (Lipinski definition) is 3. The summed E-state index contributed by atoms with van der Waals surface area (Å²) in [6.45, 7) is 2.02. The highest BCUT2D eigenvalue weighted by atomic mass is 16.5. The first-order valence-corrected chi connectivity index (χ1v) is 10.0. The molecular formula is C26H24N2O2. The number of aliphatic imine (C=N–C) groups is 1. The number of nitrogens with zero attached hydrogens (tertiary/aromatic N) is 1. The summed E-state index contributed by atoms with van der Waals surface area (Å²) >= 11 is 0. The van der Waals surface area contributed by atoms with Crippen LogP contribution in [0.3, 0.4) is 0 Å². The van der Waals surface area contributed by atoms with Crippen molar-refractivity contribution in [3.63, 3.8) is 0 Å². The van der Waals surface area contributed by atoms with Gasteiger partial charge >= 0.3 is 5.97 Å². The number of rotatable bonds is 6. The molecule has 0 aliphatic carbocycles. The standard InChI is InChI=1S/C26H24N2O2/c1-18(22-17-27-23-16-10-9-15-21(22)23)24(26(29)30-2)28-25(19-11-5-3-6-12-19)20-13-7-4-8-14-20/h3-18,24,27H,1-2H3/t18-,24+/m1/s1. The molecule has 0 unspecified atom stereocenters. The average Bonchev–Trinajstić information content (AvgIpc) is 3.24. The van der Waals surface area contributed by atoms with Crippen LogP contribution in [0.15, 0.2) is 96.1 Å². The first-order valence-electron chi connectivity index (χ1n) is 10.0. The first kappa shape index (κ1) is 19.6. The molecule has 2 atom stereocenters. The van der Waals surface area contributed by atoms with Crippen molar-refractivity contribution in [2.45, 2.75) is 18.9 Å². The second-order valence-corrected chi connectivity index (χ2v) is 7.26. The van der Waals surface area contributed by atoms with Crippen molar-refractivity contribution in [1.29, 1.82) is 0 Å². The molecule has 0 saturated heterocycles. The lowest BCUT2D eigenvalue weighted by Gasteiger charge is -2.20. The van der Waals surface area contributed by atoms with Crippen molar-refractivity contribution in [3.8, 4) is 0 Å². The number of methoxy groups -OCH3 is 1.